The Morgan fingerprint density at radius 1 is 1.13 bits per heavy atom. The molecule has 2 aliphatic rings. The summed E-state index contributed by atoms with van der Waals surface area (Å²) in [7, 11) is 0. The number of piperazine rings is 1. The topological polar surface area (TPSA) is 93.0 Å². The van der Waals surface area contributed by atoms with E-state index in [9.17, 15) is 13.6 Å². The number of rotatable bonds is 3. The van der Waals surface area contributed by atoms with Crippen LogP contribution in [0.3, 0.4) is 0 Å². The van der Waals surface area contributed by atoms with Gasteiger partial charge in [0.05, 0.1) is 11.6 Å². The van der Waals surface area contributed by atoms with Crippen molar-refractivity contribution in [1.82, 2.24) is 19.9 Å². The van der Waals surface area contributed by atoms with Crippen molar-refractivity contribution < 1.29 is 27.6 Å². The number of carbonyl (C=O) groups is 1. The number of hydrogen-bond acceptors (Lipinski definition) is 7. The zero-order valence-corrected chi connectivity index (χ0v) is 15.7. The van der Waals surface area contributed by atoms with Crippen LogP contribution >= 0.6 is 0 Å². The fraction of sp³-hybridized carbons (Fsp3) is 0.316. The maximum atomic E-state index is 13.2. The van der Waals surface area contributed by atoms with Crippen LogP contribution in [0, 0.1) is 0 Å². The maximum Gasteiger partial charge on any atom is 0.586 e. The number of hydrogen-bond donors (Lipinski definition) is 1. The van der Waals surface area contributed by atoms with E-state index >= 15 is 0 Å². The van der Waals surface area contributed by atoms with Gasteiger partial charge in [-0.15, -0.1) is 8.78 Å². The lowest BCUT2D eigenvalue weighted by molar-refractivity contribution is -0.286. The number of nitrogens with zero attached hydrogens (tertiary/aromatic N) is 4. The molecular formula is C19H17F2N5O4. The minimum atomic E-state index is -3.62. The molecule has 2 aliphatic heterocycles. The summed E-state index contributed by atoms with van der Waals surface area (Å²) in [5.41, 5.74) is 1.33. The van der Waals surface area contributed by atoms with E-state index in [1.807, 2.05) is 0 Å². The largest absolute Gasteiger partial charge is 0.586 e. The van der Waals surface area contributed by atoms with E-state index in [1.165, 1.54) is 12.3 Å². The van der Waals surface area contributed by atoms with E-state index < -0.39 is 6.29 Å². The second kappa shape index (κ2) is 7.10. The van der Waals surface area contributed by atoms with Gasteiger partial charge in [-0.3, -0.25) is 15.2 Å². The van der Waals surface area contributed by atoms with E-state index in [-0.39, 0.29) is 17.5 Å². The molecule has 3 aromatic rings. The van der Waals surface area contributed by atoms with Crippen molar-refractivity contribution >= 4 is 22.8 Å². The zero-order valence-electron chi connectivity index (χ0n) is 15.7. The molecule has 2 aromatic heterocycles. The van der Waals surface area contributed by atoms with Crippen molar-refractivity contribution in [3.8, 4) is 11.5 Å². The molecule has 2 amide bonds. The molecular weight excluding hydrogens is 400 g/mol. The first kappa shape index (κ1) is 18.6. The third-order valence-electron chi connectivity index (χ3n) is 5.03. The van der Waals surface area contributed by atoms with Crippen LogP contribution in [0.1, 0.15) is 5.56 Å². The predicted octanol–water partition coefficient (Wildman–Crippen LogP) is 2.89. The van der Waals surface area contributed by atoms with E-state index in [4.69, 9.17) is 4.52 Å². The molecule has 4 heterocycles. The van der Waals surface area contributed by atoms with Crippen LogP contribution in [0.4, 0.5) is 19.4 Å². The number of carbonyl (C=O) groups excluding carboxylic acids is 1. The first-order valence-electron chi connectivity index (χ1n) is 9.33. The molecule has 156 valence electrons. The number of urea groups is 1. The SMILES string of the molecule is O=C(Nc1noc2cnccc12)N1CCN(Cc2ccc3c(c2)OC(F)(F)O3)CC1. The van der Waals surface area contributed by atoms with Crippen molar-refractivity contribution in [2.24, 2.45) is 0 Å². The predicted molar refractivity (Wildman–Crippen MR) is 100 cm³/mol. The molecule has 0 saturated carbocycles. The van der Waals surface area contributed by atoms with Gasteiger partial charge in [-0.05, 0) is 23.8 Å². The van der Waals surface area contributed by atoms with Crippen molar-refractivity contribution in [2.75, 3.05) is 31.5 Å². The molecule has 5 rings (SSSR count). The molecule has 0 bridgehead atoms. The van der Waals surface area contributed by atoms with Crippen molar-refractivity contribution in [1.29, 1.82) is 0 Å². The third-order valence-corrected chi connectivity index (χ3v) is 5.03. The van der Waals surface area contributed by atoms with Gasteiger partial charge in [0.25, 0.3) is 0 Å². The highest BCUT2D eigenvalue weighted by atomic mass is 19.3. The first-order valence-corrected chi connectivity index (χ1v) is 9.33. The van der Waals surface area contributed by atoms with Crippen LogP contribution in [0.5, 0.6) is 11.5 Å². The summed E-state index contributed by atoms with van der Waals surface area (Å²) < 4.78 is 40.4. The normalized spacial score (nSPS) is 18.0. The van der Waals surface area contributed by atoms with Gasteiger partial charge in [0.15, 0.2) is 22.9 Å². The number of anilines is 1. The number of benzene rings is 1. The average molecular weight is 417 g/mol. The Morgan fingerprint density at radius 2 is 1.93 bits per heavy atom. The number of aromatic nitrogens is 2. The fourth-order valence-electron chi connectivity index (χ4n) is 3.52. The average Bonchev–Trinajstić information content (AvgIpc) is 3.27. The lowest BCUT2D eigenvalue weighted by atomic mass is 10.1. The molecule has 30 heavy (non-hydrogen) atoms. The van der Waals surface area contributed by atoms with E-state index in [2.05, 4.69) is 29.8 Å². The second-order valence-electron chi connectivity index (χ2n) is 7.04. The van der Waals surface area contributed by atoms with Crippen LogP contribution < -0.4 is 14.8 Å². The van der Waals surface area contributed by atoms with Crippen LogP contribution in [-0.4, -0.2) is 58.4 Å². The lowest BCUT2D eigenvalue weighted by Crippen LogP contribution is -2.49. The molecule has 1 fully saturated rings. The smallest absolute Gasteiger partial charge is 0.395 e. The summed E-state index contributed by atoms with van der Waals surface area (Å²) in [5.74, 6) is 0.420. The summed E-state index contributed by atoms with van der Waals surface area (Å²) in [4.78, 5) is 20.3. The third kappa shape index (κ3) is 3.59. The van der Waals surface area contributed by atoms with Crippen molar-refractivity contribution in [3.05, 3.63) is 42.2 Å². The summed E-state index contributed by atoms with van der Waals surface area (Å²) in [6.07, 6.45) is -0.481. The standard InChI is InChI=1S/C19H17F2N5O4/c20-19(21)28-14-2-1-12(9-15(14)29-19)11-25-5-7-26(8-6-25)18(27)23-17-13-3-4-22-10-16(13)30-24-17/h1-4,9-10H,5-8,11H2,(H,23,24,27). The van der Waals surface area contributed by atoms with Gasteiger partial charge in [-0.1, -0.05) is 11.2 Å². The number of pyridine rings is 1. The summed E-state index contributed by atoms with van der Waals surface area (Å²) in [6.45, 7) is 2.87. The molecule has 0 atom stereocenters. The Labute approximate surface area is 169 Å². The van der Waals surface area contributed by atoms with Gasteiger partial charge < -0.3 is 18.9 Å². The number of amides is 2. The Hall–Kier alpha value is -3.47. The molecule has 0 radical (unpaired) electrons. The number of halogens is 2. The minimum absolute atomic E-state index is 0.0291. The second-order valence-corrected chi connectivity index (χ2v) is 7.04. The number of ether oxygens (including phenoxy) is 2. The number of alkyl halides is 2. The van der Waals surface area contributed by atoms with Crippen molar-refractivity contribution in [3.63, 3.8) is 0 Å². The van der Waals surface area contributed by atoms with Gasteiger partial charge in [0.2, 0.25) is 0 Å². The fourth-order valence-corrected chi connectivity index (χ4v) is 3.52. The maximum absolute atomic E-state index is 13.2. The molecule has 11 heteroatoms. The van der Waals surface area contributed by atoms with E-state index in [0.29, 0.717) is 49.5 Å². The van der Waals surface area contributed by atoms with Gasteiger partial charge >= 0.3 is 12.3 Å². The van der Waals surface area contributed by atoms with Gasteiger partial charge in [0, 0.05) is 38.9 Å². The van der Waals surface area contributed by atoms with Crippen LogP contribution in [0.2, 0.25) is 0 Å². The van der Waals surface area contributed by atoms with E-state index in [1.54, 1.807) is 29.3 Å². The minimum Gasteiger partial charge on any atom is -0.395 e. The monoisotopic (exact) mass is 417 g/mol. The van der Waals surface area contributed by atoms with Crippen LogP contribution in [0.25, 0.3) is 11.0 Å². The molecule has 0 aliphatic carbocycles. The Bertz CT molecular complexity index is 1100. The highest BCUT2D eigenvalue weighted by Gasteiger charge is 2.43. The lowest BCUT2D eigenvalue weighted by Gasteiger charge is -2.34. The van der Waals surface area contributed by atoms with Crippen molar-refractivity contribution in [2.45, 2.75) is 12.8 Å². The Kier molecular flexibility index (Phi) is 4.39. The highest BCUT2D eigenvalue weighted by molar-refractivity contribution is 5.97. The molecule has 1 aromatic carbocycles. The zero-order chi connectivity index (χ0) is 20.7. The quantitative estimate of drug-likeness (QED) is 0.700. The number of fused-ring (bicyclic) bond motifs is 2. The van der Waals surface area contributed by atoms with Gasteiger partial charge in [0.1, 0.15) is 0 Å². The molecule has 9 nitrogen and oxygen atoms in total. The Balaban J connectivity index is 1.16. The summed E-state index contributed by atoms with van der Waals surface area (Å²) in [5, 5.41) is 7.34. The highest BCUT2D eigenvalue weighted by Crippen LogP contribution is 2.41. The number of nitrogens with one attached hydrogen (secondary N) is 1. The van der Waals surface area contributed by atoms with E-state index in [0.717, 1.165) is 5.56 Å². The molecule has 1 saturated heterocycles. The first-order chi connectivity index (χ1) is 14.5. The van der Waals surface area contributed by atoms with Crippen LogP contribution in [-0.2, 0) is 6.54 Å². The van der Waals surface area contributed by atoms with Crippen LogP contribution in [0.15, 0.2) is 41.2 Å². The molecule has 1 N–H and O–H groups in total. The van der Waals surface area contributed by atoms with Gasteiger partial charge in [-0.2, -0.15) is 0 Å². The molecule has 0 spiro atoms. The van der Waals surface area contributed by atoms with Gasteiger partial charge in [-0.25, -0.2) is 4.79 Å². The Morgan fingerprint density at radius 3 is 2.77 bits per heavy atom. The summed E-state index contributed by atoms with van der Waals surface area (Å²) >= 11 is 0. The molecule has 0 unspecified atom stereocenters. The summed E-state index contributed by atoms with van der Waals surface area (Å²) in [6, 6.07) is 6.23.